The van der Waals surface area contributed by atoms with Gasteiger partial charge in [-0.05, 0) is 12.1 Å². The van der Waals surface area contributed by atoms with Crippen LogP contribution in [-0.2, 0) is 9.59 Å². The maximum atomic E-state index is 11.4. The van der Waals surface area contributed by atoms with Crippen LogP contribution in [0.3, 0.4) is 0 Å². The number of halogens is 1. The van der Waals surface area contributed by atoms with E-state index in [2.05, 4.69) is 15.9 Å². The van der Waals surface area contributed by atoms with Crippen LogP contribution in [0.1, 0.15) is 16.8 Å². The van der Waals surface area contributed by atoms with Crippen LogP contribution >= 0.6 is 15.9 Å². The van der Waals surface area contributed by atoms with Crippen LogP contribution in [0, 0.1) is 0 Å². The van der Waals surface area contributed by atoms with Gasteiger partial charge in [-0.1, -0.05) is 28.1 Å². The number of hydrogen-bond acceptors (Lipinski definition) is 3. The van der Waals surface area contributed by atoms with Crippen molar-refractivity contribution in [2.45, 2.75) is 6.42 Å². The molecule has 0 saturated heterocycles. The maximum Gasteiger partial charge on any atom is 0.372 e. The Hall–Kier alpha value is -1.49. The Bertz CT molecular complexity index is 425. The van der Waals surface area contributed by atoms with Crippen molar-refractivity contribution in [2.75, 3.05) is 0 Å². The first-order valence-corrected chi connectivity index (χ1v) is 4.85. The molecule has 0 aliphatic rings. The normalized spacial score (nSPS) is 9.67. The SMILES string of the molecule is O=C(O)C(=O)CC(=O)c1cccc(Br)c1. The van der Waals surface area contributed by atoms with E-state index in [9.17, 15) is 14.4 Å². The third-order valence-corrected chi connectivity index (χ3v) is 2.20. The fourth-order valence-corrected chi connectivity index (χ4v) is 1.38. The lowest BCUT2D eigenvalue weighted by Crippen LogP contribution is -2.17. The molecule has 5 heteroatoms. The third-order valence-electron chi connectivity index (χ3n) is 1.71. The second-order valence-corrected chi connectivity index (χ2v) is 3.75. The number of ketones is 2. The summed E-state index contributed by atoms with van der Waals surface area (Å²) in [4.78, 5) is 32.4. The molecule has 0 aliphatic carbocycles. The molecule has 1 N–H and O–H groups in total. The molecule has 0 fully saturated rings. The number of benzene rings is 1. The second kappa shape index (κ2) is 4.84. The molecule has 0 saturated carbocycles. The molecule has 78 valence electrons. The van der Waals surface area contributed by atoms with Crippen LogP contribution in [0.25, 0.3) is 0 Å². The van der Waals surface area contributed by atoms with E-state index in [0.29, 0.717) is 10.0 Å². The molecule has 0 aromatic heterocycles. The molecule has 0 unspecified atom stereocenters. The number of rotatable bonds is 4. The Balaban J connectivity index is 2.78. The van der Waals surface area contributed by atoms with Gasteiger partial charge < -0.3 is 5.11 Å². The number of carbonyl (C=O) groups excluding carboxylic acids is 2. The summed E-state index contributed by atoms with van der Waals surface area (Å²) in [6.45, 7) is 0. The van der Waals surface area contributed by atoms with Crippen molar-refractivity contribution in [2.24, 2.45) is 0 Å². The van der Waals surface area contributed by atoms with Crippen molar-refractivity contribution in [1.82, 2.24) is 0 Å². The van der Waals surface area contributed by atoms with Crippen LogP contribution in [0.2, 0.25) is 0 Å². The maximum absolute atomic E-state index is 11.4. The highest BCUT2D eigenvalue weighted by Gasteiger charge is 2.17. The lowest BCUT2D eigenvalue weighted by atomic mass is 10.1. The van der Waals surface area contributed by atoms with Crippen molar-refractivity contribution >= 4 is 33.5 Å². The zero-order chi connectivity index (χ0) is 11.4. The molecule has 1 rings (SSSR count). The van der Waals surface area contributed by atoms with Gasteiger partial charge in [0, 0.05) is 10.0 Å². The highest BCUT2D eigenvalue weighted by atomic mass is 79.9. The first kappa shape index (κ1) is 11.6. The van der Waals surface area contributed by atoms with Gasteiger partial charge in [0.15, 0.2) is 5.78 Å². The summed E-state index contributed by atoms with van der Waals surface area (Å²) in [5.41, 5.74) is 0.318. The van der Waals surface area contributed by atoms with Gasteiger partial charge in [-0.15, -0.1) is 0 Å². The lowest BCUT2D eigenvalue weighted by Gasteiger charge is -1.98. The molecule has 0 atom stereocenters. The van der Waals surface area contributed by atoms with Crippen LogP contribution < -0.4 is 0 Å². The van der Waals surface area contributed by atoms with Gasteiger partial charge in [0.25, 0.3) is 0 Å². The zero-order valence-corrected chi connectivity index (χ0v) is 9.15. The van der Waals surface area contributed by atoms with E-state index in [1.165, 1.54) is 12.1 Å². The summed E-state index contributed by atoms with van der Waals surface area (Å²) in [5, 5.41) is 8.32. The molecule has 0 bridgehead atoms. The molecule has 1 aromatic carbocycles. The van der Waals surface area contributed by atoms with E-state index < -0.39 is 24.0 Å². The van der Waals surface area contributed by atoms with E-state index in [1.54, 1.807) is 12.1 Å². The van der Waals surface area contributed by atoms with Gasteiger partial charge in [0.1, 0.15) is 0 Å². The summed E-state index contributed by atoms with van der Waals surface area (Å²) >= 11 is 3.17. The summed E-state index contributed by atoms with van der Waals surface area (Å²) < 4.78 is 0.705. The highest BCUT2D eigenvalue weighted by Crippen LogP contribution is 2.13. The predicted molar refractivity (Wildman–Crippen MR) is 55.7 cm³/mol. The van der Waals surface area contributed by atoms with Gasteiger partial charge in [0.05, 0.1) is 6.42 Å². The van der Waals surface area contributed by atoms with Gasteiger partial charge in [-0.3, -0.25) is 9.59 Å². The van der Waals surface area contributed by atoms with E-state index in [-0.39, 0.29) is 0 Å². The number of carboxylic acids is 1. The summed E-state index contributed by atoms with van der Waals surface area (Å²) in [5.74, 6) is -3.18. The number of hydrogen-bond donors (Lipinski definition) is 1. The van der Waals surface area contributed by atoms with Crippen molar-refractivity contribution in [3.8, 4) is 0 Å². The first-order chi connectivity index (χ1) is 7.00. The van der Waals surface area contributed by atoms with Crippen LogP contribution in [0.4, 0.5) is 0 Å². The second-order valence-electron chi connectivity index (χ2n) is 2.84. The van der Waals surface area contributed by atoms with E-state index >= 15 is 0 Å². The monoisotopic (exact) mass is 270 g/mol. The largest absolute Gasteiger partial charge is 0.475 e. The number of carbonyl (C=O) groups is 3. The van der Waals surface area contributed by atoms with Crippen LogP contribution in [0.15, 0.2) is 28.7 Å². The molecule has 0 radical (unpaired) electrons. The fourth-order valence-electron chi connectivity index (χ4n) is 0.985. The van der Waals surface area contributed by atoms with Gasteiger partial charge in [0.2, 0.25) is 5.78 Å². The molecular formula is C10H7BrO4. The van der Waals surface area contributed by atoms with Crippen LogP contribution in [-0.4, -0.2) is 22.6 Å². The predicted octanol–water partition coefficient (Wildman–Crippen LogP) is 1.68. The fraction of sp³-hybridized carbons (Fsp3) is 0.100. The van der Waals surface area contributed by atoms with E-state index in [1.807, 2.05) is 0 Å². The van der Waals surface area contributed by atoms with Gasteiger partial charge in [-0.25, -0.2) is 4.79 Å². The zero-order valence-electron chi connectivity index (χ0n) is 7.57. The summed E-state index contributed by atoms with van der Waals surface area (Å²) in [6, 6.07) is 6.44. The van der Waals surface area contributed by atoms with Crippen molar-refractivity contribution in [3.05, 3.63) is 34.3 Å². The average Bonchev–Trinajstić information content (AvgIpc) is 2.17. The Kier molecular flexibility index (Phi) is 3.74. The summed E-state index contributed by atoms with van der Waals surface area (Å²) in [6.07, 6.45) is -0.605. The number of Topliss-reactive ketones (excluding diaryl/α,β-unsaturated/α-hetero) is 2. The molecule has 0 spiro atoms. The Morgan fingerprint density at radius 1 is 1.27 bits per heavy atom. The minimum Gasteiger partial charge on any atom is -0.475 e. The molecule has 15 heavy (non-hydrogen) atoms. The molecule has 1 aromatic rings. The van der Waals surface area contributed by atoms with E-state index in [0.717, 1.165) is 0 Å². The molecule has 0 aliphatic heterocycles. The molecule has 0 amide bonds. The Labute approximate surface area is 94.0 Å². The minimum atomic E-state index is -1.58. The van der Waals surface area contributed by atoms with Gasteiger partial charge in [-0.2, -0.15) is 0 Å². The Morgan fingerprint density at radius 2 is 1.93 bits per heavy atom. The van der Waals surface area contributed by atoms with Crippen molar-refractivity contribution in [3.63, 3.8) is 0 Å². The van der Waals surface area contributed by atoms with Gasteiger partial charge >= 0.3 is 5.97 Å². The topological polar surface area (TPSA) is 71.4 Å². The van der Waals surface area contributed by atoms with E-state index in [4.69, 9.17) is 5.11 Å². The molecule has 4 nitrogen and oxygen atoms in total. The Morgan fingerprint density at radius 3 is 2.47 bits per heavy atom. The quantitative estimate of drug-likeness (QED) is 0.513. The lowest BCUT2D eigenvalue weighted by molar-refractivity contribution is -0.148. The van der Waals surface area contributed by atoms with Crippen LogP contribution in [0.5, 0.6) is 0 Å². The molecular weight excluding hydrogens is 264 g/mol. The minimum absolute atomic E-state index is 0.318. The number of carboxylic acid groups (broad SMARTS) is 1. The first-order valence-electron chi connectivity index (χ1n) is 4.05. The standard InChI is InChI=1S/C10H7BrO4/c11-7-3-1-2-6(4-7)8(12)5-9(13)10(14)15/h1-4H,5H2,(H,14,15). The third kappa shape index (κ3) is 3.28. The average molecular weight is 271 g/mol. The summed E-state index contributed by atoms with van der Waals surface area (Å²) in [7, 11) is 0. The highest BCUT2D eigenvalue weighted by molar-refractivity contribution is 9.10. The number of aliphatic carboxylic acids is 1. The van der Waals surface area contributed by atoms with Crippen molar-refractivity contribution in [1.29, 1.82) is 0 Å². The van der Waals surface area contributed by atoms with Crippen molar-refractivity contribution < 1.29 is 19.5 Å². The smallest absolute Gasteiger partial charge is 0.372 e. The molecule has 0 heterocycles.